The topological polar surface area (TPSA) is 20.2 Å². The van der Waals surface area contributed by atoms with Crippen LogP contribution < -0.4 is 0 Å². The number of allylic oxidation sites excluding steroid dienone is 1. The van der Waals surface area contributed by atoms with Crippen LogP contribution >= 0.6 is 0 Å². The second kappa shape index (κ2) is 6.75. The summed E-state index contributed by atoms with van der Waals surface area (Å²) in [5.74, 6) is 1.93. The predicted molar refractivity (Wildman–Crippen MR) is 106 cm³/mol. The average Bonchev–Trinajstić information content (AvgIpc) is 2.97. The second-order valence-corrected chi connectivity index (χ2v) is 11.2. The van der Waals surface area contributed by atoms with E-state index in [1.165, 1.54) is 31.3 Å². The van der Waals surface area contributed by atoms with Crippen molar-refractivity contribution in [2.24, 2.45) is 46.3 Å². The van der Waals surface area contributed by atoms with E-state index >= 15 is 0 Å². The third-order valence-electron chi connectivity index (χ3n) is 10.2. The number of fused-ring (bicyclic) bond motifs is 5. The van der Waals surface area contributed by atoms with Crippen LogP contribution in [0.3, 0.4) is 0 Å². The van der Waals surface area contributed by atoms with Crippen molar-refractivity contribution in [3.8, 4) is 0 Å². The Morgan fingerprint density at radius 3 is 2.36 bits per heavy atom. The lowest BCUT2D eigenvalue weighted by Crippen LogP contribution is -2.53. The highest BCUT2D eigenvalue weighted by Gasteiger charge is 2.61. The lowest BCUT2D eigenvalue weighted by Gasteiger charge is -2.61. The molecule has 160 valence electrons. The van der Waals surface area contributed by atoms with Gasteiger partial charge in [-0.2, -0.15) is 13.2 Å². The van der Waals surface area contributed by atoms with E-state index in [2.05, 4.69) is 20.4 Å². The molecule has 4 saturated carbocycles. The van der Waals surface area contributed by atoms with Gasteiger partial charge < -0.3 is 5.11 Å². The molecule has 28 heavy (non-hydrogen) atoms. The van der Waals surface area contributed by atoms with Crippen LogP contribution in [-0.2, 0) is 0 Å². The van der Waals surface area contributed by atoms with Crippen molar-refractivity contribution in [2.75, 3.05) is 0 Å². The molecule has 0 aromatic carbocycles. The van der Waals surface area contributed by atoms with Crippen molar-refractivity contribution >= 4 is 0 Å². The largest absolute Gasteiger partial charge is 0.414 e. The molecule has 4 aliphatic carbocycles. The summed E-state index contributed by atoms with van der Waals surface area (Å²) >= 11 is 0. The maximum atomic E-state index is 13.2. The summed E-state index contributed by atoms with van der Waals surface area (Å²) < 4.78 is 39.5. The van der Waals surface area contributed by atoms with Crippen molar-refractivity contribution < 1.29 is 18.3 Å². The molecule has 0 amide bonds. The van der Waals surface area contributed by atoms with E-state index in [0.29, 0.717) is 17.3 Å². The fraction of sp³-hybridized carbons (Fsp3) is 0.917. The quantitative estimate of drug-likeness (QED) is 0.509. The normalized spacial score (nSPS) is 48.4. The van der Waals surface area contributed by atoms with E-state index in [4.69, 9.17) is 0 Å². The molecular weight excluding hydrogens is 361 g/mol. The minimum absolute atomic E-state index is 0.0215. The highest BCUT2D eigenvalue weighted by atomic mass is 19.4. The first-order valence-corrected chi connectivity index (χ1v) is 11.4. The summed E-state index contributed by atoms with van der Waals surface area (Å²) in [6.07, 6.45) is 3.44. The molecule has 0 bridgehead atoms. The first-order chi connectivity index (χ1) is 13.0. The Labute approximate surface area is 168 Å². The third kappa shape index (κ3) is 2.99. The van der Waals surface area contributed by atoms with Crippen LogP contribution in [0.15, 0.2) is 12.2 Å². The van der Waals surface area contributed by atoms with Crippen molar-refractivity contribution in [3.63, 3.8) is 0 Å². The highest BCUT2D eigenvalue weighted by Crippen LogP contribution is 2.68. The number of hydrogen-bond donors (Lipinski definition) is 1. The Morgan fingerprint density at radius 2 is 1.68 bits per heavy atom. The van der Waals surface area contributed by atoms with Gasteiger partial charge in [0.2, 0.25) is 0 Å². The van der Waals surface area contributed by atoms with Gasteiger partial charge >= 0.3 is 6.18 Å². The van der Waals surface area contributed by atoms with E-state index < -0.39 is 18.2 Å². The molecule has 0 aromatic heterocycles. The zero-order chi connectivity index (χ0) is 20.5. The monoisotopic (exact) mass is 398 g/mol. The van der Waals surface area contributed by atoms with E-state index in [9.17, 15) is 18.3 Å². The molecule has 4 fully saturated rings. The van der Waals surface area contributed by atoms with Crippen LogP contribution in [0.5, 0.6) is 0 Å². The van der Waals surface area contributed by atoms with Crippen LogP contribution in [0.1, 0.15) is 78.6 Å². The molecule has 0 saturated heterocycles. The molecule has 1 N–H and O–H groups in total. The van der Waals surface area contributed by atoms with Gasteiger partial charge in [0.15, 0.2) is 6.10 Å². The molecule has 9 atom stereocenters. The molecule has 0 aliphatic heterocycles. The second-order valence-electron chi connectivity index (χ2n) is 11.2. The number of hydrogen-bond acceptors (Lipinski definition) is 1. The predicted octanol–water partition coefficient (Wildman–Crippen LogP) is 6.76. The van der Waals surface area contributed by atoms with Gasteiger partial charge in [-0.1, -0.05) is 32.9 Å². The third-order valence-corrected chi connectivity index (χ3v) is 10.2. The fourth-order valence-corrected chi connectivity index (χ4v) is 8.58. The van der Waals surface area contributed by atoms with Crippen LogP contribution in [0, 0.1) is 46.3 Å². The van der Waals surface area contributed by atoms with Crippen molar-refractivity contribution in [1.29, 1.82) is 0 Å². The fourth-order valence-electron chi connectivity index (χ4n) is 8.58. The van der Waals surface area contributed by atoms with Gasteiger partial charge in [-0.15, -0.1) is 0 Å². The van der Waals surface area contributed by atoms with Gasteiger partial charge in [0.05, 0.1) is 0 Å². The van der Waals surface area contributed by atoms with Crippen molar-refractivity contribution in [1.82, 2.24) is 0 Å². The summed E-state index contributed by atoms with van der Waals surface area (Å²) in [6.45, 7) is 10.6. The molecule has 0 radical (unpaired) electrons. The van der Waals surface area contributed by atoms with Crippen LogP contribution in [0.4, 0.5) is 13.2 Å². The molecular formula is C24H37F3O. The number of aliphatic hydroxyl groups is 1. The maximum Gasteiger partial charge on any atom is 0.414 e. The number of aliphatic hydroxyl groups excluding tert-OH is 1. The summed E-state index contributed by atoms with van der Waals surface area (Å²) in [5.41, 5.74) is 1.76. The Morgan fingerprint density at radius 1 is 1.00 bits per heavy atom. The standard InChI is InChI=1S/C24H37F3O/c1-14-9-11-22(3)16(13-14)5-6-17-19-8-7-18(15(2)21(28)24(25,26)27)23(19,4)12-10-20(17)22/h15-21,28H,1,5-13H2,2-4H3/t15-,16+,17-,18+,19-,20-,21-,22-,23+/m0/s1. The molecule has 0 aromatic rings. The van der Waals surface area contributed by atoms with Gasteiger partial charge in [0.25, 0.3) is 0 Å². The molecule has 0 heterocycles. The van der Waals surface area contributed by atoms with Crippen LogP contribution in [-0.4, -0.2) is 17.4 Å². The Kier molecular flexibility index (Phi) is 5.00. The van der Waals surface area contributed by atoms with Crippen molar-refractivity contribution in [2.45, 2.75) is 90.8 Å². The van der Waals surface area contributed by atoms with Gasteiger partial charge in [-0.25, -0.2) is 0 Å². The maximum absolute atomic E-state index is 13.2. The minimum atomic E-state index is -4.51. The average molecular weight is 399 g/mol. The van der Waals surface area contributed by atoms with Crippen LogP contribution in [0.2, 0.25) is 0 Å². The Balaban J connectivity index is 1.56. The number of halogens is 3. The highest BCUT2D eigenvalue weighted by molar-refractivity contribution is 5.14. The van der Waals surface area contributed by atoms with Gasteiger partial charge in [-0.05, 0) is 104 Å². The van der Waals surface area contributed by atoms with E-state index in [1.54, 1.807) is 6.92 Å². The van der Waals surface area contributed by atoms with Crippen molar-refractivity contribution in [3.05, 3.63) is 12.2 Å². The Hall–Kier alpha value is -0.510. The molecule has 0 unspecified atom stereocenters. The first kappa shape index (κ1) is 20.8. The minimum Gasteiger partial charge on any atom is -0.383 e. The summed E-state index contributed by atoms with van der Waals surface area (Å²) in [5, 5.41) is 9.94. The number of alkyl halides is 3. The van der Waals surface area contributed by atoms with E-state index in [-0.39, 0.29) is 11.3 Å². The zero-order valence-corrected chi connectivity index (χ0v) is 17.7. The smallest absolute Gasteiger partial charge is 0.383 e. The Bertz CT molecular complexity index is 628. The van der Waals surface area contributed by atoms with Gasteiger partial charge in [0.1, 0.15) is 0 Å². The first-order valence-electron chi connectivity index (χ1n) is 11.4. The number of rotatable bonds is 2. The van der Waals surface area contributed by atoms with E-state index in [1.807, 2.05) is 0 Å². The molecule has 4 rings (SSSR count). The molecule has 1 nitrogen and oxygen atoms in total. The lowest BCUT2D eigenvalue weighted by atomic mass is 9.44. The van der Waals surface area contributed by atoms with Crippen LogP contribution in [0.25, 0.3) is 0 Å². The summed E-state index contributed by atoms with van der Waals surface area (Å²) in [7, 11) is 0. The lowest BCUT2D eigenvalue weighted by molar-refractivity contribution is -0.228. The molecule has 0 spiro atoms. The summed E-state index contributed by atoms with van der Waals surface area (Å²) in [4.78, 5) is 0. The molecule has 4 heteroatoms. The summed E-state index contributed by atoms with van der Waals surface area (Å²) in [6, 6.07) is 0. The SMILES string of the molecule is C=C1CC[C@@]2(C)[C@H](CC[C@@H]3[C@@H]2CC[C@]2(C)[C@@H]([C@H](C)[C@H](O)C(F)(F)F)CC[C@@H]32)C1. The zero-order valence-electron chi connectivity index (χ0n) is 17.7. The molecule has 4 aliphatic rings. The van der Waals surface area contributed by atoms with E-state index in [0.717, 1.165) is 43.9 Å². The van der Waals surface area contributed by atoms with Gasteiger partial charge in [0, 0.05) is 0 Å². The van der Waals surface area contributed by atoms with Gasteiger partial charge in [-0.3, -0.25) is 0 Å².